The Kier molecular flexibility index (Phi) is 3.36. The highest BCUT2D eigenvalue weighted by molar-refractivity contribution is 9.10. The van der Waals surface area contributed by atoms with Gasteiger partial charge in [-0.05, 0) is 42.8 Å². The Morgan fingerprint density at radius 1 is 1.19 bits per heavy atom. The van der Waals surface area contributed by atoms with Gasteiger partial charge in [0.15, 0.2) is 5.78 Å². The molecule has 2 aromatic carbocycles. The van der Waals surface area contributed by atoms with Gasteiger partial charge in [0.2, 0.25) is 0 Å². The van der Waals surface area contributed by atoms with Gasteiger partial charge in [-0.1, -0.05) is 22.0 Å². The lowest BCUT2D eigenvalue weighted by Gasteiger charge is -2.05. The van der Waals surface area contributed by atoms with Crippen LogP contribution in [-0.4, -0.2) is 10.8 Å². The summed E-state index contributed by atoms with van der Waals surface area (Å²) in [7, 11) is 0. The number of carbonyl (C=O) groups excluding carboxylic acids is 1. The molecule has 0 radical (unpaired) electrons. The number of hydrogen-bond acceptors (Lipinski definition) is 2. The van der Waals surface area contributed by atoms with Gasteiger partial charge in [-0.15, -0.1) is 0 Å². The molecule has 0 amide bonds. The van der Waals surface area contributed by atoms with Gasteiger partial charge < -0.3 is 4.98 Å². The molecule has 0 saturated carbocycles. The highest BCUT2D eigenvalue weighted by Crippen LogP contribution is 2.24. The molecule has 0 fully saturated rings. The third-order valence-electron chi connectivity index (χ3n) is 3.49. The van der Waals surface area contributed by atoms with E-state index in [1.54, 1.807) is 18.3 Å². The molecule has 1 heterocycles. The molecule has 1 N–H and O–H groups in total. The summed E-state index contributed by atoms with van der Waals surface area (Å²) < 4.78 is 0.953. The van der Waals surface area contributed by atoms with Crippen LogP contribution >= 0.6 is 15.9 Å². The number of aromatic nitrogens is 1. The molecule has 3 aromatic rings. The second-order valence-electron chi connectivity index (χ2n) is 4.86. The van der Waals surface area contributed by atoms with Crippen molar-refractivity contribution in [2.45, 2.75) is 6.92 Å². The number of carbonyl (C=O) groups is 1. The predicted molar refractivity (Wildman–Crippen MR) is 85.3 cm³/mol. The number of nitrogens with one attached hydrogen (secondary N) is 1. The summed E-state index contributed by atoms with van der Waals surface area (Å²) in [5, 5.41) is 9.75. The number of benzene rings is 2. The number of halogens is 1. The van der Waals surface area contributed by atoms with Crippen LogP contribution in [0.2, 0.25) is 0 Å². The van der Waals surface area contributed by atoms with Crippen molar-refractivity contribution in [3.63, 3.8) is 0 Å². The Bertz CT molecular complexity index is 903. The van der Waals surface area contributed by atoms with Gasteiger partial charge in [-0.2, -0.15) is 5.26 Å². The Labute approximate surface area is 130 Å². The van der Waals surface area contributed by atoms with Crippen LogP contribution in [0.15, 0.2) is 47.1 Å². The fourth-order valence-electron chi connectivity index (χ4n) is 2.41. The summed E-state index contributed by atoms with van der Waals surface area (Å²) in [6, 6.07) is 13.0. The fraction of sp³-hybridized carbons (Fsp3) is 0.0588. The SMILES string of the molecule is Cc1cc(Br)ccc1C(=O)c1c[nH]c2cc(C#N)ccc12. The van der Waals surface area contributed by atoms with Crippen molar-refractivity contribution in [3.8, 4) is 6.07 Å². The Balaban J connectivity index is 2.12. The zero-order valence-corrected chi connectivity index (χ0v) is 12.9. The molecule has 0 bridgehead atoms. The van der Waals surface area contributed by atoms with Gasteiger partial charge in [0.25, 0.3) is 0 Å². The van der Waals surface area contributed by atoms with Crippen LogP contribution in [-0.2, 0) is 0 Å². The average Bonchev–Trinajstić information content (AvgIpc) is 2.89. The van der Waals surface area contributed by atoms with E-state index in [0.717, 1.165) is 20.9 Å². The number of fused-ring (bicyclic) bond motifs is 1. The van der Waals surface area contributed by atoms with E-state index >= 15 is 0 Å². The standard InChI is InChI=1S/C17H11BrN2O/c1-10-6-12(18)3-5-13(10)17(21)15-9-20-16-7-11(8-19)2-4-14(15)16/h2-7,9,20H,1H3. The first-order valence-electron chi connectivity index (χ1n) is 6.42. The molecule has 0 aliphatic carbocycles. The minimum absolute atomic E-state index is 0.0176. The summed E-state index contributed by atoms with van der Waals surface area (Å²) in [5.74, 6) is -0.0176. The summed E-state index contributed by atoms with van der Waals surface area (Å²) in [6.45, 7) is 1.92. The first-order chi connectivity index (χ1) is 10.1. The lowest BCUT2D eigenvalue weighted by molar-refractivity contribution is 0.103. The normalized spacial score (nSPS) is 10.5. The van der Waals surface area contributed by atoms with Crippen molar-refractivity contribution in [3.05, 3.63) is 69.3 Å². The molecule has 102 valence electrons. The third-order valence-corrected chi connectivity index (χ3v) is 3.98. The maximum Gasteiger partial charge on any atom is 0.195 e. The highest BCUT2D eigenvalue weighted by atomic mass is 79.9. The number of ketones is 1. The highest BCUT2D eigenvalue weighted by Gasteiger charge is 2.16. The Morgan fingerprint density at radius 3 is 2.71 bits per heavy atom. The Morgan fingerprint density at radius 2 is 2.00 bits per heavy atom. The second-order valence-corrected chi connectivity index (χ2v) is 5.78. The number of aromatic amines is 1. The number of aryl methyl sites for hydroxylation is 1. The van der Waals surface area contributed by atoms with E-state index in [0.29, 0.717) is 16.7 Å². The van der Waals surface area contributed by atoms with E-state index in [9.17, 15) is 4.79 Å². The molecule has 0 atom stereocenters. The zero-order chi connectivity index (χ0) is 15.0. The zero-order valence-electron chi connectivity index (χ0n) is 11.3. The van der Waals surface area contributed by atoms with E-state index < -0.39 is 0 Å². The molecule has 0 aliphatic heterocycles. The van der Waals surface area contributed by atoms with E-state index in [2.05, 4.69) is 27.0 Å². The van der Waals surface area contributed by atoms with Crippen molar-refractivity contribution in [2.75, 3.05) is 0 Å². The van der Waals surface area contributed by atoms with Crippen molar-refractivity contribution in [1.29, 1.82) is 5.26 Å². The summed E-state index contributed by atoms with van der Waals surface area (Å²) in [5.41, 5.74) is 3.61. The predicted octanol–water partition coefficient (Wildman–Crippen LogP) is 4.34. The summed E-state index contributed by atoms with van der Waals surface area (Å²) >= 11 is 3.40. The maximum atomic E-state index is 12.7. The molecule has 3 rings (SSSR count). The quantitative estimate of drug-likeness (QED) is 0.706. The number of H-pyrrole nitrogens is 1. The topological polar surface area (TPSA) is 56.6 Å². The van der Waals surface area contributed by atoms with Crippen LogP contribution in [0.1, 0.15) is 27.0 Å². The van der Waals surface area contributed by atoms with Gasteiger partial charge in [0, 0.05) is 32.7 Å². The minimum Gasteiger partial charge on any atom is -0.360 e. The molecular formula is C17H11BrN2O. The number of rotatable bonds is 2. The van der Waals surface area contributed by atoms with Crippen LogP contribution in [0.4, 0.5) is 0 Å². The lowest BCUT2D eigenvalue weighted by atomic mass is 9.98. The molecule has 1 aromatic heterocycles. The van der Waals surface area contributed by atoms with Crippen molar-refractivity contribution < 1.29 is 4.79 Å². The maximum absolute atomic E-state index is 12.7. The number of nitrogens with zero attached hydrogens (tertiary/aromatic N) is 1. The molecular weight excluding hydrogens is 328 g/mol. The number of hydrogen-bond donors (Lipinski definition) is 1. The molecule has 21 heavy (non-hydrogen) atoms. The molecule has 0 spiro atoms. The monoisotopic (exact) mass is 338 g/mol. The first-order valence-corrected chi connectivity index (χ1v) is 7.21. The van der Waals surface area contributed by atoms with Crippen LogP contribution in [0.3, 0.4) is 0 Å². The van der Waals surface area contributed by atoms with E-state index in [1.165, 1.54) is 0 Å². The van der Waals surface area contributed by atoms with Crippen molar-refractivity contribution >= 4 is 32.6 Å². The molecule has 0 saturated heterocycles. The van der Waals surface area contributed by atoms with Crippen molar-refractivity contribution in [1.82, 2.24) is 4.98 Å². The molecule has 0 aliphatic rings. The molecule has 3 nitrogen and oxygen atoms in total. The van der Waals surface area contributed by atoms with Gasteiger partial charge in [-0.3, -0.25) is 4.79 Å². The fourth-order valence-corrected chi connectivity index (χ4v) is 2.89. The minimum atomic E-state index is -0.0176. The second kappa shape index (κ2) is 5.19. The smallest absolute Gasteiger partial charge is 0.195 e. The van der Waals surface area contributed by atoms with Gasteiger partial charge >= 0.3 is 0 Å². The van der Waals surface area contributed by atoms with Gasteiger partial charge in [0.1, 0.15) is 0 Å². The van der Waals surface area contributed by atoms with Crippen LogP contribution in [0, 0.1) is 18.3 Å². The summed E-state index contributed by atoms with van der Waals surface area (Å²) in [6.07, 6.45) is 1.70. The average molecular weight is 339 g/mol. The third kappa shape index (κ3) is 2.37. The van der Waals surface area contributed by atoms with Crippen LogP contribution in [0.25, 0.3) is 10.9 Å². The van der Waals surface area contributed by atoms with E-state index in [4.69, 9.17) is 5.26 Å². The largest absolute Gasteiger partial charge is 0.360 e. The Hall–Kier alpha value is -2.38. The first kappa shape index (κ1) is 13.6. The molecule has 4 heteroatoms. The summed E-state index contributed by atoms with van der Waals surface area (Å²) in [4.78, 5) is 15.8. The van der Waals surface area contributed by atoms with Gasteiger partial charge in [0.05, 0.1) is 11.6 Å². The van der Waals surface area contributed by atoms with E-state index in [-0.39, 0.29) is 5.78 Å². The van der Waals surface area contributed by atoms with Crippen molar-refractivity contribution in [2.24, 2.45) is 0 Å². The van der Waals surface area contributed by atoms with Crippen LogP contribution in [0.5, 0.6) is 0 Å². The van der Waals surface area contributed by atoms with E-state index in [1.807, 2.05) is 31.2 Å². The lowest BCUT2D eigenvalue weighted by Crippen LogP contribution is -2.02. The van der Waals surface area contributed by atoms with Crippen LogP contribution < -0.4 is 0 Å². The number of nitriles is 1. The molecule has 0 unspecified atom stereocenters. The van der Waals surface area contributed by atoms with Gasteiger partial charge in [-0.25, -0.2) is 0 Å².